The second-order valence-electron chi connectivity index (χ2n) is 5.73. The molecule has 1 aromatic rings. The second kappa shape index (κ2) is 5.47. The van der Waals surface area contributed by atoms with E-state index in [0.717, 1.165) is 12.8 Å². The van der Waals surface area contributed by atoms with E-state index in [-0.39, 0.29) is 17.9 Å². The quantitative estimate of drug-likeness (QED) is 0.654. The summed E-state index contributed by atoms with van der Waals surface area (Å²) < 4.78 is 2.69. The van der Waals surface area contributed by atoms with Gasteiger partial charge < -0.3 is 9.80 Å². The van der Waals surface area contributed by atoms with Crippen molar-refractivity contribution in [2.75, 3.05) is 20.1 Å². The zero-order valence-electron chi connectivity index (χ0n) is 13.2. The first-order valence-corrected chi connectivity index (χ1v) is 7.56. The summed E-state index contributed by atoms with van der Waals surface area (Å²) in [5.74, 6) is 0. The molecule has 1 saturated heterocycles. The maximum Gasteiger partial charge on any atom is 0.338 e. The number of imidazole rings is 1. The van der Waals surface area contributed by atoms with Gasteiger partial charge in [0, 0.05) is 33.4 Å². The van der Waals surface area contributed by atoms with Crippen molar-refractivity contribution in [3.63, 3.8) is 0 Å². The van der Waals surface area contributed by atoms with Gasteiger partial charge in [-0.2, -0.15) is 0 Å². The number of rotatable bonds is 1. The predicted molar refractivity (Wildman–Crippen MR) is 82.9 cm³/mol. The lowest BCUT2D eigenvalue weighted by Gasteiger charge is -2.22. The molecule has 0 N–H and O–H groups in total. The Balaban J connectivity index is 2.18. The van der Waals surface area contributed by atoms with E-state index >= 15 is 0 Å². The molecule has 0 aromatic carbocycles. The number of carbonyl (C=O) groups excluding carboxylic acids is 1. The van der Waals surface area contributed by atoms with Gasteiger partial charge in [-0.15, -0.1) is 0 Å². The number of hydrogen-bond acceptors (Lipinski definition) is 4. The van der Waals surface area contributed by atoms with Crippen molar-refractivity contribution in [1.29, 1.82) is 0 Å². The first kappa shape index (κ1) is 14.6. The lowest BCUT2D eigenvalue weighted by Crippen LogP contribution is -2.48. The summed E-state index contributed by atoms with van der Waals surface area (Å²) in [5, 5.41) is 0.563. The third kappa shape index (κ3) is 2.17. The minimum Gasteiger partial charge on any atom is -0.354 e. The van der Waals surface area contributed by atoms with Crippen molar-refractivity contribution in [2.24, 2.45) is 12.0 Å². The Bertz CT molecular complexity index is 795. The molecular weight excluding hydrogens is 282 g/mol. The maximum absolute atomic E-state index is 12.6. The SMILES string of the molecule is C/C=C/C1N=c2c(n(C(=O)N3CCCC3)c(=O)n2C)=CN1C. The van der Waals surface area contributed by atoms with Crippen LogP contribution in [-0.2, 0) is 7.05 Å². The molecule has 1 amide bonds. The summed E-state index contributed by atoms with van der Waals surface area (Å²) in [5.41, 5.74) is 0.218. The smallest absolute Gasteiger partial charge is 0.338 e. The standard InChI is InChI=1S/C15H21N5O2/c1-4-7-12-16-13-11(10-17(12)2)20(14(21)18(13)3)15(22)19-8-5-6-9-19/h4,7,10,12H,5-6,8-9H2,1-3H3/b7-4+. The molecule has 0 bridgehead atoms. The highest BCUT2D eigenvalue weighted by Crippen LogP contribution is 2.08. The fraction of sp³-hybridized carbons (Fsp3) is 0.533. The Kier molecular flexibility index (Phi) is 3.64. The van der Waals surface area contributed by atoms with E-state index < -0.39 is 0 Å². The number of likely N-dealkylation sites (tertiary alicyclic amines) is 1. The van der Waals surface area contributed by atoms with Gasteiger partial charge in [0.2, 0.25) is 0 Å². The van der Waals surface area contributed by atoms with E-state index in [4.69, 9.17) is 0 Å². The van der Waals surface area contributed by atoms with Crippen LogP contribution in [0.5, 0.6) is 0 Å². The summed E-state index contributed by atoms with van der Waals surface area (Å²) in [4.78, 5) is 33.3. The molecule has 1 unspecified atom stereocenters. The van der Waals surface area contributed by atoms with E-state index in [9.17, 15) is 9.59 Å². The van der Waals surface area contributed by atoms with Gasteiger partial charge in [0.25, 0.3) is 0 Å². The number of likely N-dealkylation sites (N-methyl/N-ethyl adjacent to an activating group) is 1. The molecule has 7 heteroatoms. The van der Waals surface area contributed by atoms with Crippen LogP contribution in [0.3, 0.4) is 0 Å². The van der Waals surface area contributed by atoms with E-state index in [2.05, 4.69) is 4.99 Å². The summed E-state index contributed by atoms with van der Waals surface area (Å²) in [7, 11) is 3.55. The van der Waals surface area contributed by atoms with Crippen LogP contribution in [0.25, 0.3) is 6.20 Å². The average Bonchev–Trinajstić information content (AvgIpc) is 3.10. The fourth-order valence-electron chi connectivity index (χ4n) is 2.95. The van der Waals surface area contributed by atoms with Crippen LogP contribution < -0.4 is 16.5 Å². The molecule has 2 aliphatic heterocycles. The van der Waals surface area contributed by atoms with Crippen molar-refractivity contribution in [1.82, 2.24) is 18.9 Å². The van der Waals surface area contributed by atoms with Crippen molar-refractivity contribution in [3.8, 4) is 0 Å². The second-order valence-corrected chi connectivity index (χ2v) is 5.73. The fourth-order valence-corrected chi connectivity index (χ4v) is 2.95. The third-order valence-corrected chi connectivity index (χ3v) is 4.20. The van der Waals surface area contributed by atoms with E-state index in [1.807, 2.05) is 37.2 Å². The highest BCUT2D eigenvalue weighted by Gasteiger charge is 2.25. The topological polar surface area (TPSA) is 62.8 Å². The van der Waals surface area contributed by atoms with Crippen LogP contribution in [0.4, 0.5) is 4.79 Å². The zero-order valence-corrected chi connectivity index (χ0v) is 13.2. The molecule has 7 nitrogen and oxygen atoms in total. The Hall–Kier alpha value is -2.31. The van der Waals surface area contributed by atoms with Gasteiger partial charge in [0.05, 0.1) is 0 Å². The Morgan fingerprint density at radius 2 is 2.00 bits per heavy atom. The highest BCUT2D eigenvalue weighted by molar-refractivity contribution is 5.77. The Morgan fingerprint density at radius 3 is 2.64 bits per heavy atom. The summed E-state index contributed by atoms with van der Waals surface area (Å²) >= 11 is 0. The zero-order chi connectivity index (χ0) is 15.9. The molecule has 118 valence electrons. The van der Waals surface area contributed by atoms with E-state index in [1.165, 1.54) is 9.13 Å². The monoisotopic (exact) mass is 303 g/mol. The minimum atomic E-state index is -0.337. The molecule has 0 spiro atoms. The maximum atomic E-state index is 12.6. The van der Waals surface area contributed by atoms with Crippen molar-refractivity contribution < 1.29 is 4.79 Å². The summed E-state index contributed by atoms with van der Waals surface area (Å²) in [6, 6.07) is -0.247. The largest absolute Gasteiger partial charge is 0.354 e. The predicted octanol–water partition coefficient (Wildman–Crippen LogP) is -0.544. The van der Waals surface area contributed by atoms with Gasteiger partial charge in [0.1, 0.15) is 11.5 Å². The molecule has 1 aromatic heterocycles. The van der Waals surface area contributed by atoms with Crippen molar-refractivity contribution in [3.05, 3.63) is 33.5 Å². The van der Waals surface area contributed by atoms with Gasteiger partial charge in [0.15, 0.2) is 5.49 Å². The van der Waals surface area contributed by atoms with Gasteiger partial charge in [-0.1, -0.05) is 6.08 Å². The number of fused-ring (bicyclic) bond motifs is 1. The number of amides is 1. The molecule has 1 fully saturated rings. The van der Waals surface area contributed by atoms with Crippen LogP contribution in [0.15, 0.2) is 21.9 Å². The van der Waals surface area contributed by atoms with E-state index in [0.29, 0.717) is 23.9 Å². The number of hydrogen-bond donors (Lipinski definition) is 0. The minimum absolute atomic E-state index is 0.152. The van der Waals surface area contributed by atoms with E-state index in [1.54, 1.807) is 11.9 Å². The van der Waals surface area contributed by atoms with Gasteiger partial charge >= 0.3 is 11.7 Å². The third-order valence-electron chi connectivity index (χ3n) is 4.20. The van der Waals surface area contributed by atoms with Crippen molar-refractivity contribution in [2.45, 2.75) is 25.9 Å². The van der Waals surface area contributed by atoms with Gasteiger partial charge in [-0.05, 0) is 25.8 Å². The van der Waals surface area contributed by atoms with Gasteiger partial charge in [-0.25, -0.2) is 19.1 Å². The first-order chi connectivity index (χ1) is 10.5. The van der Waals surface area contributed by atoms with Crippen LogP contribution in [-0.4, -0.2) is 51.3 Å². The van der Waals surface area contributed by atoms with Crippen LogP contribution in [0.1, 0.15) is 19.8 Å². The highest BCUT2D eigenvalue weighted by atomic mass is 16.2. The molecule has 3 rings (SSSR count). The number of aromatic nitrogens is 2. The molecule has 22 heavy (non-hydrogen) atoms. The Morgan fingerprint density at radius 1 is 1.32 bits per heavy atom. The van der Waals surface area contributed by atoms with Crippen LogP contribution in [0, 0.1) is 0 Å². The molecule has 0 aliphatic carbocycles. The molecule has 3 heterocycles. The summed E-state index contributed by atoms with van der Waals surface area (Å²) in [6.45, 7) is 3.35. The molecule has 0 radical (unpaired) electrons. The summed E-state index contributed by atoms with van der Waals surface area (Å²) in [6.07, 6.45) is 7.53. The Labute approximate surface area is 128 Å². The number of allylic oxidation sites excluding steroid dienone is 1. The normalized spacial score (nSPS) is 21.0. The molecule has 1 atom stereocenters. The van der Waals surface area contributed by atoms with Crippen LogP contribution >= 0.6 is 0 Å². The molecular formula is C15H21N5O2. The molecule has 0 saturated carbocycles. The number of nitrogens with zero attached hydrogens (tertiary/aromatic N) is 5. The van der Waals surface area contributed by atoms with Gasteiger partial charge in [-0.3, -0.25) is 4.57 Å². The average molecular weight is 303 g/mol. The lowest BCUT2D eigenvalue weighted by atomic mass is 10.3. The lowest BCUT2D eigenvalue weighted by molar-refractivity contribution is 0.208. The van der Waals surface area contributed by atoms with Crippen molar-refractivity contribution >= 4 is 12.2 Å². The first-order valence-electron chi connectivity index (χ1n) is 7.56. The molecule has 2 aliphatic rings. The van der Waals surface area contributed by atoms with Crippen LogP contribution in [0.2, 0.25) is 0 Å². The number of carbonyl (C=O) groups is 1.